The molecule has 0 saturated heterocycles. The Labute approximate surface area is 132 Å². The second kappa shape index (κ2) is 6.39. The number of rotatable bonds is 3. The SMILES string of the molecule is O=C(OCc1ccccc1C(F)(F)F)c1cc(Br)ccc1O. The zero-order valence-electron chi connectivity index (χ0n) is 11.0. The van der Waals surface area contributed by atoms with Crippen molar-refractivity contribution in [3.8, 4) is 5.75 Å². The van der Waals surface area contributed by atoms with Crippen molar-refractivity contribution in [2.45, 2.75) is 12.8 Å². The summed E-state index contributed by atoms with van der Waals surface area (Å²) < 4.78 is 43.9. The zero-order valence-corrected chi connectivity index (χ0v) is 12.6. The van der Waals surface area contributed by atoms with Crippen LogP contribution in [0.4, 0.5) is 13.2 Å². The molecule has 2 aromatic rings. The molecular formula is C15H10BrF3O3. The molecule has 0 aliphatic heterocycles. The van der Waals surface area contributed by atoms with E-state index in [1.165, 1.54) is 36.4 Å². The topological polar surface area (TPSA) is 46.5 Å². The maximum absolute atomic E-state index is 12.8. The van der Waals surface area contributed by atoms with E-state index in [-0.39, 0.29) is 16.9 Å². The lowest BCUT2D eigenvalue weighted by molar-refractivity contribution is -0.138. The first-order valence-corrected chi connectivity index (χ1v) is 6.89. The predicted molar refractivity (Wildman–Crippen MR) is 76.4 cm³/mol. The van der Waals surface area contributed by atoms with Crippen LogP contribution < -0.4 is 0 Å². The van der Waals surface area contributed by atoms with Gasteiger partial charge in [0.05, 0.1) is 5.56 Å². The fraction of sp³-hybridized carbons (Fsp3) is 0.133. The average Bonchev–Trinajstić information content (AvgIpc) is 2.46. The van der Waals surface area contributed by atoms with E-state index in [2.05, 4.69) is 15.9 Å². The van der Waals surface area contributed by atoms with E-state index < -0.39 is 24.3 Å². The van der Waals surface area contributed by atoms with Gasteiger partial charge in [-0.3, -0.25) is 0 Å². The highest BCUT2D eigenvalue weighted by molar-refractivity contribution is 9.10. The number of hydrogen-bond donors (Lipinski definition) is 1. The highest BCUT2D eigenvalue weighted by Crippen LogP contribution is 2.32. The molecule has 22 heavy (non-hydrogen) atoms. The van der Waals surface area contributed by atoms with Gasteiger partial charge in [-0.1, -0.05) is 34.1 Å². The van der Waals surface area contributed by atoms with Crippen LogP contribution in [0.1, 0.15) is 21.5 Å². The van der Waals surface area contributed by atoms with E-state index in [0.29, 0.717) is 4.47 Å². The molecule has 0 atom stereocenters. The van der Waals surface area contributed by atoms with E-state index in [9.17, 15) is 23.1 Å². The van der Waals surface area contributed by atoms with Gasteiger partial charge in [0.1, 0.15) is 17.9 Å². The highest BCUT2D eigenvalue weighted by atomic mass is 79.9. The van der Waals surface area contributed by atoms with E-state index in [4.69, 9.17) is 4.74 Å². The number of alkyl halides is 3. The first-order valence-electron chi connectivity index (χ1n) is 6.10. The molecule has 2 rings (SSSR count). The maximum atomic E-state index is 12.8. The Balaban J connectivity index is 2.17. The standard InChI is InChI=1S/C15H10BrF3O3/c16-10-5-6-13(20)11(7-10)14(21)22-8-9-3-1-2-4-12(9)15(17,18)19/h1-7,20H,8H2. The number of hydrogen-bond acceptors (Lipinski definition) is 3. The lowest BCUT2D eigenvalue weighted by Gasteiger charge is -2.13. The van der Waals surface area contributed by atoms with Gasteiger partial charge in [0.2, 0.25) is 0 Å². The molecule has 0 aliphatic carbocycles. The largest absolute Gasteiger partial charge is 0.507 e. The summed E-state index contributed by atoms with van der Waals surface area (Å²) in [5.74, 6) is -1.21. The molecule has 0 aliphatic rings. The highest BCUT2D eigenvalue weighted by Gasteiger charge is 2.33. The summed E-state index contributed by atoms with van der Waals surface area (Å²) in [4.78, 5) is 11.9. The summed E-state index contributed by atoms with van der Waals surface area (Å²) in [5.41, 5.74) is -1.14. The Hall–Kier alpha value is -2.02. The number of phenolic OH excluding ortho intramolecular Hbond substituents is 1. The number of halogens is 4. The first kappa shape index (κ1) is 16.4. The second-order valence-electron chi connectivity index (χ2n) is 4.39. The molecule has 2 aromatic carbocycles. The van der Waals surface area contributed by atoms with Gasteiger partial charge in [-0.25, -0.2) is 4.79 Å². The van der Waals surface area contributed by atoms with E-state index >= 15 is 0 Å². The van der Waals surface area contributed by atoms with Crippen LogP contribution >= 0.6 is 15.9 Å². The third-order valence-corrected chi connectivity index (χ3v) is 3.35. The van der Waals surface area contributed by atoms with Crippen LogP contribution in [0.25, 0.3) is 0 Å². The van der Waals surface area contributed by atoms with Crippen LogP contribution in [-0.4, -0.2) is 11.1 Å². The molecule has 7 heteroatoms. The summed E-state index contributed by atoms with van der Waals surface area (Å²) in [6, 6.07) is 8.96. The Kier molecular flexibility index (Phi) is 4.75. The molecule has 0 amide bonds. The normalized spacial score (nSPS) is 11.3. The van der Waals surface area contributed by atoms with Gasteiger partial charge in [0, 0.05) is 10.0 Å². The smallest absolute Gasteiger partial charge is 0.416 e. The van der Waals surface area contributed by atoms with Gasteiger partial charge >= 0.3 is 12.1 Å². The Bertz CT molecular complexity index is 699. The van der Waals surface area contributed by atoms with Crippen molar-refractivity contribution in [1.29, 1.82) is 0 Å². The van der Waals surface area contributed by atoms with Crippen LogP contribution in [0.5, 0.6) is 5.75 Å². The van der Waals surface area contributed by atoms with Gasteiger partial charge < -0.3 is 9.84 Å². The fourth-order valence-electron chi connectivity index (χ4n) is 1.82. The number of carbonyl (C=O) groups excluding carboxylic acids is 1. The van der Waals surface area contributed by atoms with E-state index in [1.807, 2.05) is 0 Å². The molecule has 0 heterocycles. The van der Waals surface area contributed by atoms with Crippen molar-refractivity contribution >= 4 is 21.9 Å². The van der Waals surface area contributed by atoms with Crippen LogP contribution in [0.3, 0.4) is 0 Å². The summed E-state index contributed by atoms with van der Waals surface area (Å²) in [5, 5.41) is 9.58. The monoisotopic (exact) mass is 374 g/mol. The van der Waals surface area contributed by atoms with Gasteiger partial charge in [-0.15, -0.1) is 0 Å². The maximum Gasteiger partial charge on any atom is 0.416 e. The van der Waals surface area contributed by atoms with Crippen LogP contribution in [-0.2, 0) is 17.5 Å². The molecule has 0 saturated carbocycles. The molecule has 1 N–H and O–H groups in total. The van der Waals surface area contributed by atoms with Crippen LogP contribution in [0, 0.1) is 0 Å². The minimum atomic E-state index is -4.53. The summed E-state index contributed by atoms with van der Waals surface area (Å²) in [6.45, 7) is -0.541. The van der Waals surface area contributed by atoms with Crippen LogP contribution in [0.15, 0.2) is 46.9 Å². The van der Waals surface area contributed by atoms with Crippen molar-refractivity contribution in [3.63, 3.8) is 0 Å². The number of benzene rings is 2. The zero-order chi connectivity index (χ0) is 16.3. The lowest BCUT2D eigenvalue weighted by Crippen LogP contribution is -2.12. The number of ether oxygens (including phenoxy) is 1. The predicted octanol–water partition coefficient (Wildman–Crippen LogP) is 4.53. The molecule has 116 valence electrons. The van der Waals surface area contributed by atoms with Gasteiger partial charge in [-0.05, 0) is 24.3 Å². The van der Waals surface area contributed by atoms with E-state index in [1.54, 1.807) is 0 Å². The second-order valence-corrected chi connectivity index (χ2v) is 5.31. The summed E-state index contributed by atoms with van der Waals surface area (Å²) in [6.07, 6.45) is -4.53. The summed E-state index contributed by atoms with van der Waals surface area (Å²) in [7, 11) is 0. The van der Waals surface area contributed by atoms with Gasteiger partial charge in [-0.2, -0.15) is 13.2 Å². The third kappa shape index (κ3) is 3.79. The first-order chi connectivity index (χ1) is 10.3. The minimum Gasteiger partial charge on any atom is -0.507 e. The molecule has 0 radical (unpaired) electrons. The lowest BCUT2D eigenvalue weighted by atomic mass is 10.1. The number of aromatic hydroxyl groups is 1. The number of carbonyl (C=O) groups is 1. The fourth-order valence-corrected chi connectivity index (χ4v) is 2.18. The van der Waals surface area contributed by atoms with Crippen LogP contribution in [0.2, 0.25) is 0 Å². The summed E-state index contributed by atoms with van der Waals surface area (Å²) >= 11 is 3.13. The van der Waals surface area contributed by atoms with Gasteiger partial charge in [0.15, 0.2) is 0 Å². The quantitative estimate of drug-likeness (QED) is 0.802. The van der Waals surface area contributed by atoms with Crippen molar-refractivity contribution in [3.05, 3.63) is 63.6 Å². The average molecular weight is 375 g/mol. The molecule has 0 unspecified atom stereocenters. The molecule has 0 fully saturated rings. The van der Waals surface area contributed by atoms with Crippen molar-refractivity contribution in [2.75, 3.05) is 0 Å². The number of esters is 1. The molecular weight excluding hydrogens is 365 g/mol. The Morgan fingerprint density at radius 2 is 1.86 bits per heavy atom. The van der Waals surface area contributed by atoms with Crippen molar-refractivity contribution < 1.29 is 27.8 Å². The molecule has 0 aromatic heterocycles. The number of phenols is 1. The Morgan fingerprint density at radius 3 is 2.55 bits per heavy atom. The van der Waals surface area contributed by atoms with Gasteiger partial charge in [0.25, 0.3) is 0 Å². The third-order valence-electron chi connectivity index (χ3n) is 2.86. The molecule has 3 nitrogen and oxygen atoms in total. The minimum absolute atomic E-state index is 0.126. The molecule has 0 bridgehead atoms. The van der Waals surface area contributed by atoms with Crippen molar-refractivity contribution in [1.82, 2.24) is 0 Å². The Morgan fingerprint density at radius 1 is 1.18 bits per heavy atom. The molecule has 0 spiro atoms. The van der Waals surface area contributed by atoms with E-state index in [0.717, 1.165) is 6.07 Å². The van der Waals surface area contributed by atoms with Crippen molar-refractivity contribution in [2.24, 2.45) is 0 Å².